The van der Waals surface area contributed by atoms with Crippen molar-refractivity contribution in [2.45, 2.75) is 12.8 Å². The van der Waals surface area contributed by atoms with Crippen molar-refractivity contribution in [1.82, 2.24) is 0 Å². The molecule has 16 heavy (non-hydrogen) atoms. The number of carbonyl (C=O) groups excluding carboxylic acids is 1. The van der Waals surface area contributed by atoms with Crippen molar-refractivity contribution < 1.29 is 9.18 Å². The van der Waals surface area contributed by atoms with E-state index in [0.717, 1.165) is 17.9 Å². The van der Waals surface area contributed by atoms with E-state index in [0.29, 0.717) is 12.0 Å². The molecule has 0 radical (unpaired) electrons. The molecule has 0 amide bonds. The number of Topliss-reactive ketones (excluding diaryl/α,β-unsaturated/α-hetero) is 1. The molecule has 1 fully saturated rings. The molecule has 0 N–H and O–H groups in total. The van der Waals surface area contributed by atoms with Crippen LogP contribution in [0.2, 0.25) is 5.02 Å². The first-order valence-corrected chi connectivity index (χ1v) is 6.74. The molecule has 1 aromatic rings. The Morgan fingerprint density at radius 3 is 3.00 bits per heavy atom. The number of hydrogen-bond acceptors (Lipinski definition) is 2. The number of hydrogen-bond donors (Lipinski definition) is 0. The number of benzene rings is 1. The normalized spacial score (nSPS) is 20.0. The van der Waals surface area contributed by atoms with Crippen molar-refractivity contribution in [3.8, 4) is 0 Å². The summed E-state index contributed by atoms with van der Waals surface area (Å²) in [5.74, 6) is 1.89. The van der Waals surface area contributed by atoms with Crippen molar-refractivity contribution in [2.24, 2.45) is 5.92 Å². The van der Waals surface area contributed by atoms with Crippen LogP contribution in [0.3, 0.4) is 0 Å². The minimum absolute atomic E-state index is 0.104. The van der Waals surface area contributed by atoms with Crippen LogP contribution in [0.4, 0.5) is 4.39 Å². The van der Waals surface area contributed by atoms with Gasteiger partial charge >= 0.3 is 0 Å². The van der Waals surface area contributed by atoms with Gasteiger partial charge in [0.1, 0.15) is 11.6 Å². The van der Waals surface area contributed by atoms with E-state index in [4.69, 9.17) is 11.6 Å². The molecule has 1 heterocycles. The molecule has 0 saturated carbocycles. The molecule has 1 aromatic carbocycles. The molecule has 1 unspecified atom stereocenters. The third kappa shape index (κ3) is 2.77. The van der Waals surface area contributed by atoms with Crippen molar-refractivity contribution in [1.29, 1.82) is 0 Å². The summed E-state index contributed by atoms with van der Waals surface area (Å²) in [6, 6.07) is 4.57. The number of halogens is 2. The molecule has 1 saturated heterocycles. The Kier molecular flexibility index (Phi) is 3.87. The predicted octanol–water partition coefficient (Wildman–Crippen LogP) is 3.34. The summed E-state index contributed by atoms with van der Waals surface area (Å²) in [5.41, 5.74) is 0.712. The van der Waals surface area contributed by atoms with Crippen LogP contribution in [0.1, 0.15) is 12.0 Å². The van der Waals surface area contributed by atoms with Crippen LogP contribution < -0.4 is 0 Å². The predicted molar refractivity (Wildman–Crippen MR) is 65.6 cm³/mol. The van der Waals surface area contributed by atoms with E-state index < -0.39 is 5.82 Å². The van der Waals surface area contributed by atoms with Gasteiger partial charge in [-0.3, -0.25) is 4.79 Å². The highest BCUT2D eigenvalue weighted by Crippen LogP contribution is 2.25. The van der Waals surface area contributed by atoms with E-state index in [1.807, 2.05) is 11.8 Å². The maximum absolute atomic E-state index is 13.2. The summed E-state index contributed by atoms with van der Waals surface area (Å²) in [4.78, 5) is 11.8. The van der Waals surface area contributed by atoms with Crippen molar-refractivity contribution in [2.75, 3.05) is 11.5 Å². The quantitative estimate of drug-likeness (QED) is 0.827. The fourth-order valence-electron chi connectivity index (χ4n) is 1.78. The first kappa shape index (κ1) is 11.9. The molecule has 1 aliphatic heterocycles. The highest BCUT2D eigenvalue weighted by atomic mass is 35.5. The van der Waals surface area contributed by atoms with Crippen LogP contribution in [0, 0.1) is 11.7 Å². The number of thioether (sulfide) groups is 1. The lowest BCUT2D eigenvalue weighted by Crippen LogP contribution is -2.16. The van der Waals surface area contributed by atoms with Gasteiger partial charge in [-0.05, 0) is 29.9 Å². The summed E-state index contributed by atoms with van der Waals surface area (Å²) in [6.45, 7) is 0. The molecule has 0 aromatic heterocycles. The van der Waals surface area contributed by atoms with Gasteiger partial charge in [0.2, 0.25) is 0 Å². The fraction of sp³-hybridized carbons (Fsp3) is 0.417. The average Bonchev–Trinajstić information content (AvgIpc) is 2.77. The standard InChI is InChI=1S/C12H12ClFOS/c13-10-2-1-8(5-11(10)14)6-12(15)9-3-4-16-7-9/h1-2,5,9H,3-4,6-7H2. The van der Waals surface area contributed by atoms with Gasteiger partial charge in [-0.15, -0.1) is 0 Å². The van der Waals surface area contributed by atoms with Gasteiger partial charge in [0.15, 0.2) is 0 Å². The van der Waals surface area contributed by atoms with Crippen LogP contribution in [-0.4, -0.2) is 17.3 Å². The van der Waals surface area contributed by atoms with E-state index >= 15 is 0 Å². The summed E-state index contributed by atoms with van der Waals surface area (Å²) < 4.78 is 13.2. The van der Waals surface area contributed by atoms with E-state index in [9.17, 15) is 9.18 Å². The van der Waals surface area contributed by atoms with Crippen molar-refractivity contribution in [3.63, 3.8) is 0 Å². The molecule has 4 heteroatoms. The zero-order valence-electron chi connectivity index (χ0n) is 8.71. The Hall–Kier alpha value is -0.540. The summed E-state index contributed by atoms with van der Waals surface area (Å²) in [6.07, 6.45) is 1.28. The summed E-state index contributed by atoms with van der Waals surface area (Å²) >= 11 is 7.39. The molecule has 0 bridgehead atoms. The van der Waals surface area contributed by atoms with Gasteiger partial charge in [-0.2, -0.15) is 11.8 Å². The maximum Gasteiger partial charge on any atom is 0.142 e. The molecule has 1 aliphatic rings. The van der Waals surface area contributed by atoms with Gasteiger partial charge in [-0.1, -0.05) is 17.7 Å². The lowest BCUT2D eigenvalue weighted by Gasteiger charge is -2.07. The van der Waals surface area contributed by atoms with Crippen LogP contribution in [-0.2, 0) is 11.2 Å². The first-order valence-electron chi connectivity index (χ1n) is 5.21. The van der Waals surface area contributed by atoms with Gasteiger partial charge in [0.05, 0.1) is 5.02 Å². The molecule has 0 spiro atoms. The van der Waals surface area contributed by atoms with E-state index in [-0.39, 0.29) is 16.7 Å². The molecule has 86 valence electrons. The Morgan fingerprint density at radius 1 is 1.56 bits per heavy atom. The Bertz CT molecular complexity index is 402. The smallest absolute Gasteiger partial charge is 0.142 e. The first-order chi connectivity index (χ1) is 7.66. The number of ketones is 1. The minimum Gasteiger partial charge on any atom is -0.299 e. The van der Waals surface area contributed by atoms with Crippen LogP contribution in [0.15, 0.2) is 18.2 Å². The monoisotopic (exact) mass is 258 g/mol. The van der Waals surface area contributed by atoms with Crippen LogP contribution >= 0.6 is 23.4 Å². The van der Waals surface area contributed by atoms with Gasteiger partial charge < -0.3 is 0 Å². The molecule has 1 atom stereocenters. The van der Waals surface area contributed by atoms with Gasteiger partial charge in [0.25, 0.3) is 0 Å². The highest BCUT2D eigenvalue weighted by Gasteiger charge is 2.23. The summed E-state index contributed by atoms with van der Waals surface area (Å²) in [5, 5.41) is 0.104. The van der Waals surface area contributed by atoms with Crippen LogP contribution in [0.25, 0.3) is 0 Å². The molecule has 2 rings (SSSR count). The van der Waals surface area contributed by atoms with Crippen molar-refractivity contribution >= 4 is 29.1 Å². The zero-order chi connectivity index (χ0) is 11.5. The lowest BCUT2D eigenvalue weighted by molar-refractivity contribution is -0.121. The average molecular weight is 259 g/mol. The van der Waals surface area contributed by atoms with E-state index in [2.05, 4.69) is 0 Å². The molecule has 0 aliphatic carbocycles. The number of carbonyl (C=O) groups is 1. The van der Waals surface area contributed by atoms with Crippen LogP contribution in [0.5, 0.6) is 0 Å². The SMILES string of the molecule is O=C(Cc1ccc(Cl)c(F)c1)C1CCSC1. The van der Waals surface area contributed by atoms with E-state index in [1.54, 1.807) is 6.07 Å². The van der Waals surface area contributed by atoms with Gasteiger partial charge in [-0.25, -0.2) is 4.39 Å². The van der Waals surface area contributed by atoms with E-state index in [1.165, 1.54) is 12.1 Å². The lowest BCUT2D eigenvalue weighted by atomic mass is 9.97. The Balaban J connectivity index is 2.02. The Morgan fingerprint density at radius 2 is 2.38 bits per heavy atom. The maximum atomic E-state index is 13.2. The minimum atomic E-state index is -0.451. The zero-order valence-corrected chi connectivity index (χ0v) is 10.3. The Labute approximate surface area is 103 Å². The number of rotatable bonds is 3. The second kappa shape index (κ2) is 5.19. The molecular formula is C12H12ClFOS. The van der Waals surface area contributed by atoms with Crippen molar-refractivity contribution in [3.05, 3.63) is 34.6 Å². The van der Waals surface area contributed by atoms with Gasteiger partial charge in [0, 0.05) is 18.1 Å². The highest BCUT2D eigenvalue weighted by molar-refractivity contribution is 7.99. The fourth-order valence-corrected chi connectivity index (χ4v) is 3.16. The largest absolute Gasteiger partial charge is 0.299 e. The molecule has 1 nitrogen and oxygen atoms in total. The topological polar surface area (TPSA) is 17.1 Å². The summed E-state index contributed by atoms with van der Waals surface area (Å²) in [7, 11) is 0. The second-order valence-corrected chi connectivity index (χ2v) is 5.51. The molecular weight excluding hydrogens is 247 g/mol. The second-order valence-electron chi connectivity index (χ2n) is 3.95. The third-order valence-electron chi connectivity index (χ3n) is 2.75. The third-order valence-corrected chi connectivity index (χ3v) is 4.22.